The van der Waals surface area contributed by atoms with Crippen molar-refractivity contribution in [1.29, 1.82) is 0 Å². The summed E-state index contributed by atoms with van der Waals surface area (Å²) in [7, 11) is 0. The third-order valence-corrected chi connectivity index (χ3v) is 3.77. The third kappa shape index (κ3) is 3.80. The first kappa shape index (κ1) is 14.1. The van der Waals surface area contributed by atoms with E-state index in [-0.39, 0.29) is 12.0 Å². The molecule has 0 bridgehead atoms. The van der Waals surface area contributed by atoms with Crippen molar-refractivity contribution in [2.45, 2.75) is 45.1 Å². The minimum Gasteiger partial charge on any atom is -0.393 e. The molecule has 3 nitrogen and oxygen atoms in total. The van der Waals surface area contributed by atoms with E-state index in [1.807, 2.05) is 17.0 Å². The predicted octanol–water partition coefficient (Wildman–Crippen LogP) is 2.63. The van der Waals surface area contributed by atoms with E-state index in [1.165, 1.54) is 18.4 Å². The fourth-order valence-corrected chi connectivity index (χ4v) is 2.45. The molecule has 1 saturated heterocycles. The summed E-state index contributed by atoms with van der Waals surface area (Å²) in [5.41, 5.74) is 2.06. The summed E-state index contributed by atoms with van der Waals surface area (Å²) in [4.78, 5) is 14.1. The van der Waals surface area contributed by atoms with E-state index in [2.05, 4.69) is 19.1 Å². The zero-order valence-corrected chi connectivity index (χ0v) is 11.6. The molecule has 1 aromatic rings. The Balaban J connectivity index is 1.95. The Bertz CT molecular complexity index is 405. The van der Waals surface area contributed by atoms with E-state index in [0.717, 1.165) is 12.0 Å². The van der Waals surface area contributed by atoms with Gasteiger partial charge in [0, 0.05) is 18.7 Å². The Morgan fingerprint density at radius 3 is 2.47 bits per heavy atom. The number of unbranched alkanes of at least 4 members (excludes halogenated alkanes) is 1. The van der Waals surface area contributed by atoms with Crippen LogP contribution in [0, 0.1) is 0 Å². The molecular weight excluding hydrogens is 238 g/mol. The number of carbonyl (C=O) groups is 1. The molecule has 104 valence electrons. The fraction of sp³-hybridized carbons (Fsp3) is 0.562. The summed E-state index contributed by atoms with van der Waals surface area (Å²) in [5.74, 6) is 0.0916. The van der Waals surface area contributed by atoms with Crippen molar-refractivity contribution < 1.29 is 9.90 Å². The first-order valence-corrected chi connectivity index (χ1v) is 7.27. The second-order valence-electron chi connectivity index (χ2n) is 5.32. The van der Waals surface area contributed by atoms with Gasteiger partial charge in [0.2, 0.25) is 0 Å². The third-order valence-electron chi connectivity index (χ3n) is 3.77. The molecule has 1 aliphatic rings. The maximum absolute atomic E-state index is 12.3. The number of benzene rings is 1. The molecule has 1 N–H and O–H groups in total. The number of nitrogens with zero attached hydrogens (tertiary/aromatic N) is 1. The fourth-order valence-electron chi connectivity index (χ4n) is 2.45. The molecule has 3 heteroatoms. The molecule has 19 heavy (non-hydrogen) atoms. The van der Waals surface area contributed by atoms with E-state index < -0.39 is 0 Å². The standard InChI is InChI=1S/C16H23NO2/c1-2-3-4-13-5-7-14(8-6-13)16(19)17-11-9-15(18)10-12-17/h5-8,15,18H,2-4,9-12H2,1H3. The smallest absolute Gasteiger partial charge is 0.253 e. The van der Waals surface area contributed by atoms with Crippen molar-refractivity contribution in [1.82, 2.24) is 4.90 Å². The lowest BCUT2D eigenvalue weighted by molar-refractivity contribution is 0.0546. The lowest BCUT2D eigenvalue weighted by atomic mass is 10.0. The second-order valence-corrected chi connectivity index (χ2v) is 5.32. The van der Waals surface area contributed by atoms with Crippen molar-refractivity contribution in [3.8, 4) is 0 Å². The minimum atomic E-state index is -0.236. The van der Waals surface area contributed by atoms with Crippen molar-refractivity contribution in [3.63, 3.8) is 0 Å². The van der Waals surface area contributed by atoms with Gasteiger partial charge in [0.15, 0.2) is 0 Å². The zero-order chi connectivity index (χ0) is 13.7. The van der Waals surface area contributed by atoms with Gasteiger partial charge in [-0.2, -0.15) is 0 Å². The molecule has 1 aliphatic heterocycles. The summed E-state index contributed by atoms with van der Waals surface area (Å²) in [6, 6.07) is 7.97. The van der Waals surface area contributed by atoms with Crippen LogP contribution in [0.5, 0.6) is 0 Å². The van der Waals surface area contributed by atoms with Gasteiger partial charge in [0.1, 0.15) is 0 Å². The van der Waals surface area contributed by atoms with Gasteiger partial charge in [-0.25, -0.2) is 0 Å². The Morgan fingerprint density at radius 1 is 1.26 bits per heavy atom. The monoisotopic (exact) mass is 261 g/mol. The molecule has 0 atom stereocenters. The zero-order valence-electron chi connectivity index (χ0n) is 11.6. The average Bonchev–Trinajstić information content (AvgIpc) is 2.46. The molecule has 2 rings (SSSR count). The summed E-state index contributed by atoms with van der Waals surface area (Å²) >= 11 is 0. The number of hydrogen-bond acceptors (Lipinski definition) is 2. The van der Waals surface area contributed by atoms with E-state index >= 15 is 0 Å². The number of hydrogen-bond donors (Lipinski definition) is 1. The van der Waals surface area contributed by atoms with Crippen LogP contribution < -0.4 is 0 Å². The highest BCUT2D eigenvalue weighted by Crippen LogP contribution is 2.15. The number of piperidine rings is 1. The van der Waals surface area contributed by atoms with Crippen LogP contribution in [-0.4, -0.2) is 35.1 Å². The van der Waals surface area contributed by atoms with Crippen LogP contribution in [-0.2, 0) is 6.42 Å². The van der Waals surface area contributed by atoms with Gasteiger partial charge in [0.05, 0.1) is 6.10 Å². The number of carbonyl (C=O) groups excluding carboxylic acids is 1. The molecular formula is C16H23NO2. The second kappa shape index (κ2) is 6.71. The van der Waals surface area contributed by atoms with Crippen LogP contribution in [0.4, 0.5) is 0 Å². The highest BCUT2D eigenvalue weighted by molar-refractivity contribution is 5.94. The van der Waals surface area contributed by atoms with Crippen molar-refractivity contribution in [2.75, 3.05) is 13.1 Å². The normalized spacial score (nSPS) is 16.6. The molecule has 1 amide bonds. The summed E-state index contributed by atoms with van der Waals surface area (Å²) < 4.78 is 0. The van der Waals surface area contributed by atoms with Gasteiger partial charge in [0.25, 0.3) is 5.91 Å². The number of amides is 1. The SMILES string of the molecule is CCCCc1ccc(C(=O)N2CCC(O)CC2)cc1. The number of rotatable bonds is 4. The number of likely N-dealkylation sites (tertiary alicyclic amines) is 1. The van der Waals surface area contributed by atoms with Crippen LogP contribution in [0.2, 0.25) is 0 Å². The summed E-state index contributed by atoms with van der Waals surface area (Å²) in [6.07, 6.45) is 4.62. The first-order chi connectivity index (χ1) is 9.20. The van der Waals surface area contributed by atoms with Crippen molar-refractivity contribution in [3.05, 3.63) is 35.4 Å². The van der Waals surface area contributed by atoms with Crippen LogP contribution in [0.15, 0.2) is 24.3 Å². The molecule has 0 aromatic heterocycles. The molecule has 0 aliphatic carbocycles. The Hall–Kier alpha value is -1.35. The quantitative estimate of drug-likeness (QED) is 0.905. The van der Waals surface area contributed by atoms with E-state index in [0.29, 0.717) is 25.9 Å². The highest BCUT2D eigenvalue weighted by Gasteiger charge is 2.21. The maximum Gasteiger partial charge on any atom is 0.253 e. The van der Waals surface area contributed by atoms with Gasteiger partial charge in [-0.3, -0.25) is 4.79 Å². The molecule has 1 aromatic carbocycles. The Kier molecular flexibility index (Phi) is 4.97. The van der Waals surface area contributed by atoms with E-state index in [1.54, 1.807) is 0 Å². The predicted molar refractivity (Wildman–Crippen MR) is 76.2 cm³/mol. The van der Waals surface area contributed by atoms with Crippen LogP contribution in [0.25, 0.3) is 0 Å². The van der Waals surface area contributed by atoms with E-state index in [4.69, 9.17) is 0 Å². The van der Waals surface area contributed by atoms with Crippen LogP contribution in [0.1, 0.15) is 48.5 Å². The van der Waals surface area contributed by atoms with Crippen LogP contribution >= 0.6 is 0 Å². The number of aliphatic hydroxyl groups excluding tert-OH is 1. The lowest BCUT2D eigenvalue weighted by Crippen LogP contribution is -2.40. The lowest BCUT2D eigenvalue weighted by Gasteiger charge is -2.29. The molecule has 1 fully saturated rings. The molecule has 0 radical (unpaired) electrons. The molecule has 0 saturated carbocycles. The Morgan fingerprint density at radius 2 is 1.89 bits per heavy atom. The Labute approximate surface area is 115 Å². The van der Waals surface area contributed by atoms with Gasteiger partial charge >= 0.3 is 0 Å². The summed E-state index contributed by atoms with van der Waals surface area (Å²) in [6.45, 7) is 3.51. The minimum absolute atomic E-state index is 0.0916. The maximum atomic E-state index is 12.3. The average molecular weight is 261 g/mol. The van der Waals surface area contributed by atoms with Crippen molar-refractivity contribution >= 4 is 5.91 Å². The topological polar surface area (TPSA) is 40.5 Å². The molecule has 0 unspecified atom stereocenters. The highest BCUT2D eigenvalue weighted by atomic mass is 16.3. The van der Waals surface area contributed by atoms with E-state index in [9.17, 15) is 9.90 Å². The largest absolute Gasteiger partial charge is 0.393 e. The van der Waals surface area contributed by atoms with Gasteiger partial charge in [-0.05, 0) is 43.4 Å². The van der Waals surface area contributed by atoms with Crippen molar-refractivity contribution in [2.24, 2.45) is 0 Å². The van der Waals surface area contributed by atoms with Gasteiger partial charge < -0.3 is 10.0 Å². The van der Waals surface area contributed by atoms with Gasteiger partial charge in [-0.15, -0.1) is 0 Å². The molecule has 1 heterocycles. The summed E-state index contributed by atoms with van der Waals surface area (Å²) in [5, 5.41) is 9.46. The van der Waals surface area contributed by atoms with Gasteiger partial charge in [-0.1, -0.05) is 25.5 Å². The first-order valence-electron chi connectivity index (χ1n) is 7.27. The molecule has 0 spiro atoms. The number of aliphatic hydroxyl groups is 1. The van der Waals surface area contributed by atoms with Crippen LogP contribution in [0.3, 0.4) is 0 Å². The number of aryl methyl sites for hydroxylation is 1.